The Morgan fingerprint density at radius 1 is 1.21 bits per heavy atom. The highest BCUT2D eigenvalue weighted by molar-refractivity contribution is 6.76. The average molecular weight is 216 g/mol. The molecule has 0 aromatic heterocycles. The van der Waals surface area contributed by atoms with E-state index in [1.54, 1.807) is 0 Å². The number of hydrogen-bond donors (Lipinski definition) is 0. The standard InChI is InChI=1S/C12H28OSi/c1-8-10-11(3)14(7,13-9-2)12(4,5)6/h11H,8-10H2,1-7H3. The zero-order chi connectivity index (χ0) is 11.4. The minimum atomic E-state index is -1.58. The molecule has 14 heavy (non-hydrogen) atoms. The van der Waals surface area contributed by atoms with Gasteiger partial charge in [-0.05, 0) is 24.1 Å². The number of hydrogen-bond acceptors (Lipinski definition) is 1. The molecule has 0 heterocycles. The van der Waals surface area contributed by atoms with Gasteiger partial charge in [0.05, 0.1) is 0 Å². The first kappa shape index (κ1) is 14.2. The highest BCUT2D eigenvalue weighted by Crippen LogP contribution is 2.45. The van der Waals surface area contributed by atoms with Gasteiger partial charge in [0.25, 0.3) is 0 Å². The zero-order valence-corrected chi connectivity index (χ0v) is 12.1. The largest absolute Gasteiger partial charge is 0.417 e. The lowest BCUT2D eigenvalue weighted by molar-refractivity contribution is 0.290. The maximum absolute atomic E-state index is 6.15. The fourth-order valence-corrected chi connectivity index (χ4v) is 5.74. The second-order valence-corrected chi connectivity index (χ2v) is 10.5. The molecule has 0 radical (unpaired) electrons. The lowest BCUT2D eigenvalue weighted by Crippen LogP contribution is -2.47. The van der Waals surface area contributed by atoms with Gasteiger partial charge in [0.2, 0.25) is 0 Å². The van der Waals surface area contributed by atoms with Crippen LogP contribution < -0.4 is 0 Å². The summed E-state index contributed by atoms with van der Waals surface area (Å²) in [6.07, 6.45) is 2.58. The van der Waals surface area contributed by atoms with Gasteiger partial charge in [-0.1, -0.05) is 47.5 Å². The molecule has 2 unspecified atom stereocenters. The molecule has 0 aliphatic carbocycles. The van der Waals surface area contributed by atoms with Crippen molar-refractivity contribution in [1.82, 2.24) is 0 Å². The predicted molar refractivity (Wildman–Crippen MR) is 67.3 cm³/mol. The van der Waals surface area contributed by atoms with Gasteiger partial charge >= 0.3 is 0 Å². The Morgan fingerprint density at radius 3 is 2.00 bits per heavy atom. The Bertz CT molecular complexity index is 162. The van der Waals surface area contributed by atoms with Gasteiger partial charge in [-0.2, -0.15) is 0 Å². The highest BCUT2D eigenvalue weighted by Gasteiger charge is 2.45. The lowest BCUT2D eigenvalue weighted by Gasteiger charge is -2.43. The van der Waals surface area contributed by atoms with Gasteiger partial charge in [0.15, 0.2) is 8.32 Å². The van der Waals surface area contributed by atoms with Gasteiger partial charge in [0, 0.05) is 6.61 Å². The summed E-state index contributed by atoms with van der Waals surface area (Å²) in [6.45, 7) is 17.0. The van der Waals surface area contributed by atoms with E-state index in [1.165, 1.54) is 12.8 Å². The van der Waals surface area contributed by atoms with Crippen LogP contribution in [0.15, 0.2) is 0 Å². The summed E-state index contributed by atoms with van der Waals surface area (Å²) < 4.78 is 6.15. The SMILES string of the molecule is CCCC(C)[Si](C)(OCC)C(C)(C)C. The summed E-state index contributed by atoms with van der Waals surface area (Å²) in [4.78, 5) is 0. The van der Waals surface area contributed by atoms with Crippen molar-refractivity contribution < 1.29 is 4.43 Å². The van der Waals surface area contributed by atoms with Crippen molar-refractivity contribution in [3.05, 3.63) is 0 Å². The minimum absolute atomic E-state index is 0.345. The Hall–Kier alpha value is 0.177. The molecule has 0 rings (SSSR count). The molecular formula is C12H28OSi. The fourth-order valence-electron chi connectivity index (χ4n) is 2.11. The van der Waals surface area contributed by atoms with Crippen LogP contribution in [-0.4, -0.2) is 14.9 Å². The Morgan fingerprint density at radius 2 is 1.71 bits per heavy atom. The molecule has 0 aromatic rings. The van der Waals surface area contributed by atoms with Crippen molar-refractivity contribution in [2.45, 2.75) is 71.5 Å². The summed E-state index contributed by atoms with van der Waals surface area (Å²) in [6, 6.07) is 0. The van der Waals surface area contributed by atoms with Crippen molar-refractivity contribution in [2.24, 2.45) is 0 Å². The molecule has 0 N–H and O–H groups in total. The fraction of sp³-hybridized carbons (Fsp3) is 1.00. The summed E-state index contributed by atoms with van der Waals surface area (Å²) in [5.41, 5.74) is 0.757. The van der Waals surface area contributed by atoms with Crippen molar-refractivity contribution in [3.8, 4) is 0 Å². The molecule has 0 bridgehead atoms. The maximum Gasteiger partial charge on any atom is 0.197 e. The predicted octanol–water partition coefficient (Wildman–Crippen LogP) is 4.59. The second-order valence-electron chi connectivity index (χ2n) is 5.48. The second kappa shape index (κ2) is 5.31. The van der Waals surface area contributed by atoms with Crippen LogP contribution in [0.1, 0.15) is 54.4 Å². The molecule has 1 nitrogen and oxygen atoms in total. The molecule has 0 aliphatic rings. The van der Waals surface area contributed by atoms with Crippen molar-refractivity contribution in [1.29, 1.82) is 0 Å². The summed E-state index contributed by atoms with van der Waals surface area (Å²) >= 11 is 0. The molecule has 0 aromatic carbocycles. The molecule has 86 valence electrons. The highest BCUT2D eigenvalue weighted by atomic mass is 28.4. The van der Waals surface area contributed by atoms with E-state index < -0.39 is 8.32 Å². The third-order valence-corrected chi connectivity index (χ3v) is 9.63. The quantitative estimate of drug-likeness (QED) is 0.611. The Kier molecular flexibility index (Phi) is 5.38. The average Bonchev–Trinajstić information content (AvgIpc) is 2.03. The van der Waals surface area contributed by atoms with E-state index in [-0.39, 0.29) is 0 Å². The van der Waals surface area contributed by atoms with Crippen LogP contribution in [-0.2, 0) is 4.43 Å². The van der Waals surface area contributed by atoms with Gasteiger partial charge in [-0.3, -0.25) is 0 Å². The molecule has 2 heteroatoms. The van der Waals surface area contributed by atoms with E-state index in [0.717, 1.165) is 12.1 Å². The van der Waals surface area contributed by atoms with Crippen LogP contribution >= 0.6 is 0 Å². The molecule has 0 spiro atoms. The normalized spacial score (nSPS) is 19.1. The van der Waals surface area contributed by atoms with E-state index >= 15 is 0 Å². The van der Waals surface area contributed by atoms with Crippen LogP contribution in [0.2, 0.25) is 17.1 Å². The van der Waals surface area contributed by atoms with E-state index in [0.29, 0.717) is 5.04 Å². The van der Waals surface area contributed by atoms with E-state index in [1.807, 2.05) is 0 Å². The van der Waals surface area contributed by atoms with E-state index in [9.17, 15) is 0 Å². The third kappa shape index (κ3) is 3.09. The van der Waals surface area contributed by atoms with Crippen LogP contribution in [0.4, 0.5) is 0 Å². The van der Waals surface area contributed by atoms with Gasteiger partial charge in [-0.15, -0.1) is 0 Å². The van der Waals surface area contributed by atoms with Gasteiger partial charge in [-0.25, -0.2) is 0 Å². The first-order chi connectivity index (χ1) is 6.29. The molecule has 0 amide bonds. The topological polar surface area (TPSA) is 9.23 Å². The summed E-state index contributed by atoms with van der Waals surface area (Å²) in [5, 5.41) is 0.345. The molecule has 0 fully saturated rings. The molecular weight excluding hydrogens is 188 g/mol. The summed E-state index contributed by atoms with van der Waals surface area (Å²) in [7, 11) is -1.58. The van der Waals surface area contributed by atoms with Crippen molar-refractivity contribution >= 4 is 8.32 Å². The van der Waals surface area contributed by atoms with Crippen LogP contribution in [0.25, 0.3) is 0 Å². The zero-order valence-electron chi connectivity index (χ0n) is 11.1. The van der Waals surface area contributed by atoms with Crippen LogP contribution in [0.3, 0.4) is 0 Å². The minimum Gasteiger partial charge on any atom is -0.417 e. The molecule has 0 saturated heterocycles. The monoisotopic (exact) mass is 216 g/mol. The molecule has 0 saturated carbocycles. The number of rotatable bonds is 5. The van der Waals surface area contributed by atoms with Crippen LogP contribution in [0, 0.1) is 0 Å². The molecule has 0 aliphatic heterocycles. The molecule has 2 atom stereocenters. The lowest BCUT2D eigenvalue weighted by atomic mass is 10.2. The third-order valence-electron chi connectivity index (χ3n) is 3.60. The maximum atomic E-state index is 6.15. The van der Waals surface area contributed by atoms with E-state index in [4.69, 9.17) is 4.43 Å². The van der Waals surface area contributed by atoms with Crippen molar-refractivity contribution in [3.63, 3.8) is 0 Å². The Labute approximate surface area is 91.4 Å². The van der Waals surface area contributed by atoms with Gasteiger partial charge < -0.3 is 4.43 Å². The van der Waals surface area contributed by atoms with Gasteiger partial charge in [0.1, 0.15) is 0 Å². The Balaban J connectivity index is 4.70. The summed E-state index contributed by atoms with van der Waals surface area (Å²) in [5.74, 6) is 0. The smallest absolute Gasteiger partial charge is 0.197 e. The van der Waals surface area contributed by atoms with Crippen molar-refractivity contribution in [2.75, 3.05) is 6.61 Å². The first-order valence-corrected chi connectivity index (χ1v) is 8.42. The van der Waals surface area contributed by atoms with E-state index in [2.05, 4.69) is 48.1 Å². The van der Waals surface area contributed by atoms with Crippen LogP contribution in [0.5, 0.6) is 0 Å². The first-order valence-electron chi connectivity index (χ1n) is 5.93.